The Morgan fingerprint density at radius 2 is 1.90 bits per heavy atom. The van der Waals surface area contributed by atoms with Crippen molar-refractivity contribution in [1.82, 2.24) is 0 Å². The number of nitrogen functional groups attached to an aromatic ring is 1. The minimum Gasteiger partial charge on any atom is -0.457 e. The second-order valence-electron chi connectivity index (χ2n) is 3.83. The van der Waals surface area contributed by atoms with Crippen LogP contribution < -0.4 is 10.5 Å². The molecule has 0 aliphatic rings. The quantitative estimate of drug-likeness (QED) is 0.526. The van der Waals surface area contributed by atoms with E-state index in [1.165, 1.54) is 30.3 Å². The third kappa shape index (κ3) is 2.64. The summed E-state index contributed by atoms with van der Waals surface area (Å²) in [5.41, 5.74) is 5.13. The number of benzene rings is 2. The van der Waals surface area contributed by atoms with Crippen LogP contribution in [0.3, 0.4) is 0 Å². The smallest absolute Gasteiger partial charge is 0.292 e. The van der Waals surface area contributed by atoms with Crippen molar-refractivity contribution in [2.24, 2.45) is 0 Å². The fraction of sp³-hybridized carbons (Fsp3) is 0. The lowest BCUT2D eigenvalue weighted by atomic mass is 10.2. The van der Waals surface area contributed by atoms with Crippen LogP contribution in [-0.2, 0) is 0 Å². The van der Waals surface area contributed by atoms with Crippen molar-refractivity contribution >= 4 is 11.4 Å². The van der Waals surface area contributed by atoms with E-state index in [0.717, 1.165) is 6.07 Å². The summed E-state index contributed by atoms with van der Waals surface area (Å²) in [5.74, 6) is -0.313. The topological polar surface area (TPSA) is 102 Å². The molecule has 100 valence electrons. The number of nitrogens with zero attached hydrogens (tertiary/aromatic N) is 2. The molecule has 0 aliphatic carbocycles. The van der Waals surface area contributed by atoms with Crippen LogP contribution in [0.4, 0.5) is 15.8 Å². The zero-order valence-electron chi connectivity index (χ0n) is 10.0. The fourth-order valence-electron chi connectivity index (χ4n) is 1.55. The normalized spacial score (nSPS) is 9.80. The summed E-state index contributed by atoms with van der Waals surface area (Å²) in [6.07, 6.45) is 0. The van der Waals surface area contributed by atoms with Gasteiger partial charge in [0.2, 0.25) is 0 Å². The molecule has 0 unspecified atom stereocenters. The molecule has 0 saturated heterocycles. The Morgan fingerprint density at radius 3 is 2.45 bits per heavy atom. The van der Waals surface area contributed by atoms with Gasteiger partial charge >= 0.3 is 0 Å². The van der Waals surface area contributed by atoms with Crippen LogP contribution >= 0.6 is 0 Å². The number of halogens is 1. The van der Waals surface area contributed by atoms with E-state index in [-0.39, 0.29) is 28.4 Å². The van der Waals surface area contributed by atoms with E-state index in [0.29, 0.717) is 0 Å². The van der Waals surface area contributed by atoms with Crippen LogP contribution in [0.5, 0.6) is 11.5 Å². The fourth-order valence-corrected chi connectivity index (χ4v) is 1.55. The molecule has 2 rings (SSSR count). The molecular weight excluding hydrogens is 265 g/mol. The average Bonchev–Trinajstić information content (AvgIpc) is 2.38. The number of rotatable bonds is 3. The van der Waals surface area contributed by atoms with E-state index in [9.17, 15) is 14.5 Å². The minimum atomic E-state index is -0.708. The predicted molar refractivity (Wildman–Crippen MR) is 68.7 cm³/mol. The summed E-state index contributed by atoms with van der Waals surface area (Å²) >= 11 is 0. The summed E-state index contributed by atoms with van der Waals surface area (Å²) in [6.45, 7) is 0. The molecule has 2 N–H and O–H groups in total. The Bertz CT molecular complexity index is 725. The van der Waals surface area contributed by atoms with E-state index in [4.69, 9.17) is 15.7 Å². The van der Waals surface area contributed by atoms with E-state index >= 15 is 0 Å². The molecule has 0 fully saturated rings. The number of hydrogen-bond donors (Lipinski definition) is 1. The second kappa shape index (κ2) is 5.24. The van der Waals surface area contributed by atoms with E-state index in [1.54, 1.807) is 6.07 Å². The Balaban J connectivity index is 2.27. The summed E-state index contributed by atoms with van der Waals surface area (Å²) in [4.78, 5) is 10.0. The SMILES string of the molecule is N#Cc1ccc(Oc2ccc([N+](=O)[O-])c(N)c2)cc1F. The van der Waals surface area contributed by atoms with Crippen LogP contribution in [0.2, 0.25) is 0 Å². The van der Waals surface area contributed by atoms with Crippen LogP contribution in [0.25, 0.3) is 0 Å². The van der Waals surface area contributed by atoms with Gasteiger partial charge in [-0.2, -0.15) is 5.26 Å². The minimum absolute atomic E-state index is 0.0541. The molecule has 2 aromatic rings. The van der Waals surface area contributed by atoms with Gasteiger partial charge in [-0.15, -0.1) is 0 Å². The van der Waals surface area contributed by atoms with Crippen molar-refractivity contribution in [2.45, 2.75) is 0 Å². The van der Waals surface area contributed by atoms with Gasteiger partial charge in [0.25, 0.3) is 5.69 Å². The lowest BCUT2D eigenvalue weighted by Gasteiger charge is -2.07. The molecule has 0 saturated carbocycles. The van der Waals surface area contributed by atoms with Crippen molar-refractivity contribution < 1.29 is 14.1 Å². The predicted octanol–water partition coefficient (Wildman–Crippen LogP) is 2.98. The highest BCUT2D eigenvalue weighted by molar-refractivity contribution is 5.61. The first-order chi connectivity index (χ1) is 9.51. The van der Waals surface area contributed by atoms with Crippen molar-refractivity contribution in [1.29, 1.82) is 5.26 Å². The number of nitro groups is 1. The number of nitriles is 1. The molecular formula is C13H8FN3O3. The van der Waals surface area contributed by atoms with Crippen LogP contribution in [0.15, 0.2) is 36.4 Å². The number of hydrogen-bond acceptors (Lipinski definition) is 5. The van der Waals surface area contributed by atoms with Gasteiger partial charge < -0.3 is 10.5 Å². The lowest BCUT2D eigenvalue weighted by molar-refractivity contribution is -0.383. The highest BCUT2D eigenvalue weighted by atomic mass is 19.1. The number of ether oxygens (including phenoxy) is 1. The number of nitro benzene ring substituents is 1. The van der Waals surface area contributed by atoms with Crippen LogP contribution in [0.1, 0.15) is 5.56 Å². The first-order valence-electron chi connectivity index (χ1n) is 5.42. The molecule has 0 heterocycles. The Hall–Kier alpha value is -3.14. The average molecular weight is 273 g/mol. The number of nitrogens with two attached hydrogens (primary N) is 1. The largest absolute Gasteiger partial charge is 0.457 e. The van der Waals surface area contributed by atoms with Crippen molar-refractivity contribution in [3.05, 3.63) is 57.9 Å². The molecule has 0 amide bonds. The molecule has 7 heteroatoms. The molecule has 0 atom stereocenters. The van der Waals surface area contributed by atoms with Gasteiger partial charge in [0.15, 0.2) is 0 Å². The maximum atomic E-state index is 13.4. The Labute approximate surface area is 113 Å². The Kier molecular flexibility index (Phi) is 3.48. The Morgan fingerprint density at radius 1 is 1.25 bits per heavy atom. The van der Waals surface area contributed by atoms with Crippen molar-refractivity contribution in [2.75, 3.05) is 5.73 Å². The van der Waals surface area contributed by atoms with Crippen LogP contribution in [0, 0.1) is 27.3 Å². The zero-order valence-corrected chi connectivity index (χ0v) is 10.0. The van der Waals surface area contributed by atoms with E-state index in [2.05, 4.69) is 0 Å². The van der Waals surface area contributed by atoms with E-state index in [1.807, 2.05) is 0 Å². The van der Waals surface area contributed by atoms with Crippen molar-refractivity contribution in [3.8, 4) is 17.6 Å². The molecule has 0 aliphatic heterocycles. The molecule has 6 nitrogen and oxygen atoms in total. The second-order valence-corrected chi connectivity index (χ2v) is 3.83. The standard InChI is InChI=1S/C13H8FN3O3/c14-11-5-9(2-1-8(11)7-15)20-10-3-4-13(17(18)19)12(16)6-10/h1-6H,16H2. The van der Waals surface area contributed by atoms with Gasteiger partial charge in [-0.05, 0) is 18.2 Å². The molecule has 0 bridgehead atoms. The first-order valence-corrected chi connectivity index (χ1v) is 5.42. The summed E-state index contributed by atoms with van der Waals surface area (Å²) < 4.78 is 18.7. The maximum absolute atomic E-state index is 13.4. The molecule has 2 aromatic carbocycles. The third-order valence-electron chi connectivity index (χ3n) is 2.49. The van der Waals surface area contributed by atoms with Gasteiger partial charge in [0.05, 0.1) is 10.5 Å². The lowest BCUT2D eigenvalue weighted by Crippen LogP contribution is -1.96. The first kappa shape index (κ1) is 13.3. The number of anilines is 1. The van der Waals surface area contributed by atoms with Gasteiger partial charge in [0.1, 0.15) is 29.1 Å². The third-order valence-corrected chi connectivity index (χ3v) is 2.49. The highest BCUT2D eigenvalue weighted by Crippen LogP contribution is 2.29. The van der Waals surface area contributed by atoms with Crippen molar-refractivity contribution in [3.63, 3.8) is 0 Å². The van der Waals surface area contributed by atoms with Gasteiger partial charge in [-0.3, -0.25) is 10.1 Å². The highest BCUT2D eigenvalue weighted by Gasteiger charge is 2.12. The van der Waals surface area contributed by atoms with Gasteiger partial charge in [-0.25, -0.2) is 4.39 Å². The molecule has 20 heavy (non-hydrogen) atoms. The summed E-state index contributed by atoms with van der Waals surface area (Å²) in [6, 6.07) is 9.26. The van der Waals surface area contributed by atoms with E-state index < -0.39 is 10.7 Å². The summed E-state index contributed by atoms with van der Waals surface area (Å²) in [7, 11) is 0. The summed E-state index contributed by atoms with van der Waals surface area (Å²) in [5, 5.41) is 19.2. The molecule has 0 spiro atoms. The molecule has 0 radical (unpaired) electrons. The maximum Gasteiger partial charge on any atom is 0.292 e. The monoisotopic (exact) mass is 273 g/mol. The zero-order chi connectivity index (χ0) is 14.7. The molecule has 0 aromatic heterocycles. The van der Waals surface area contributed by atoms with Gasteiger partial charge in [-0.1, -0.05) is 0 Å². The van der Waals surface area contributed by atoms with Crippen LogP contribution in [-0.4, -0.2) is 4.92 Å². The van der Waals surface area contributed by atoms with Gasteiger partial charge in [0, 0.05) is 18.2 Å².